The van der Waals surface area contributed by atoms with E-state index in [-0.39, 0.29) is 12.2 Å². The van der Waals surface area contributed by atoms with Crippen molar-refractivity contribution >= 4 is 39.0 Å². The van der Waals surface area contributed by atoms with Crippen LogP contribution in [-0.2, 0) is 9.53 Å². The number of hydrogen-bond acceptors (Lipinski definition) is 7. The molecule has 0 spiro atoms. The zero-order valence-electron chi connectivity index (χ0n) is 17.6. The van der Waals surface area contributed by atoms with Crippen LogP contribution in [0.5, 0.6) is 11.5 Å². The highest BCUT2D eigenvalue weighted by molar-refractivity contribution is 9.10. The minimum Gasteiger partial charge on any atom is -0.493 e. The molecule has 0 aliphatic carbocycles. The van der Waals surface area contributed by atoms with Gasteiger partial charge in [0.05, 0.1) is 30.8 Å². The van der Waals surface area contributed by atoms with E-state index >= 15 is 0 Å². The van der Waals surface area contributed by atoms with Gasteiger partial charge in [-0.05, 0) is 51.1 Å². The van der Waals surface area contributed by atoms with E-state index in [2.05, 4.69) is 26.0 Å². The van der Waals surface area contributed by atoms with Crippen LogP contribution in [0.2, 0.25) is 0 Å². The molecular formula is C22H22BrN3O5. The summed E-state index contributed by atoms with van der Waals surface area (Å²) in [5, 5.41) is 4.77. The Hall–Kier alpha value is -3.20. The van der Waals surface area contributed by atoms with Gasteiger partial charge in [0.25, 0.3) is 5.56 Å². The van der Waals surface area contributed by atoms with E-state index in [1.807, 2.05) is 6.07 Å². The number of aromatic nitrogens is 2. The van der Waals surface area contributed by atoms with Crippen LogP contribution in [0.3, 0.4) is 0 Å². The number of nitrogens with zero attached hydrogens (tertiary/aromatic N) is 3. The molecule has 0 unspecified atom stereocenters. The van der Waals surface area contributed by atoms with Gasteiger partial charge in [0.1, 0.15) is 5.82 Å². The molecule has 0 saturated carbocycles. The molecule has 8 nitrogen and oxygen atoms in total. The fourth-order valence-corrected chi connectivity index (χ4v) is 3.28. The maximum Gasteiger partial charge on any atom is 0.347 e. The topological polar surface area (TPSA) is 92.0 Å². The van der Waals surface area contributed by atoms with Crippen LogP contribution < -0.4 is 15.0 Å². The summed E-state index contributed by atoms with van der Waals surface area (Å²) in [4.78, 5) is 29.4. The molecule has 0 N–H and O–H groups in total. The van der Waals surface area contributed by atoms with Crippen molar-refractivity contribution in [1.82, 2.24) is 9.66 Å². The van der Waals surface area contributed by atoms with Gasteiger partial charge in [-0.15, -0.1) is 0 Å². The van der Waals surface area contributed by atoms with Gasteiger partial charge in [-0.25, -0.2) is 9.78 Å². The Morgan fingerprint density at radius 2 is 2.10 bits per heavy atom. The molecule has 0 fully saturated rings. The van der Waals surface area contributed by atoms with Crippen molar-refractivity contribution in [2.45, 2.75) is 26.9 Å². The van der Waals surface area contributed by atoms with Gasteiger partial charge in [0, 0.05) is 10.0 Å². The standard InChI is InChI=1S/C22H22BrN3O5/c1-5-30-22(28)13(2)31-20-15(7-6-8-19(20)29-4)12-24-26-14(3)25-18-10-9-16(23)11-17(18)21(26)27/h6-13H,5H2,1-4H3/t13-/m1/s1. The number of halogens is 1. The van der Waals surface area contributed by atoms with E-state index in [0.717, 1.165) is 4.47 Å². The molecule has 0 radical (unpaired) electrons. The first-order chi connectivity index (χ1) is 14.8. The van der Waals surface area contributed by atoms with E-state index in [4.69, 9.17) is 14.2 Å². The third kappa shape index (κ3) is 4.93. The molecule has 0 aliphatic heterocycles. The molecule has 3 aromatic rings. The number of methoxy groups -OCH3 is 1. The molecule has 162 valence electrons. The molecule has 0 bridgehead atoms. The van der Waals surface area contributed by atoms with E-state index in [9.17, 15) is 9.59 Å². The largest absolute Gasteiger partial charge is 0.493 e. The number of rotatable bonds is 7. The minimum atomic E-state index is -0.854. The summed E-state index contributed by atoms with van der Waals surface area (Å²) in [5.41, 5.74) is 0.812. The Kier molecular flexibility index (Phi) is 7.06. The lowest BCUT2D eigenvalue weighted by Crippen LogP contribution is -2.26. The normalized spacial score (nSPS) is 12.2. The van der Waals surface area contributed by atoms with Gasteiger partial charge in [-0.1, -0.05) is 22.0 Å². The highest BCUT2D eigenvalue weighted by Crippen LogP contribution is 2.31. The van der Waals surface area contributed by atoms with Gasteiger partial charge < -0.3 is 14.2 Å². The van der Waals surface area contributed by atoms with Crippen molar-refractivity contribution in [2.24, 2.45) is 5.10 Å². The number of ether oxygens (including phenoxy) is 3. The number of benzene rings is 2. The van der Waals surface area contributed by atoms with Gasteiger partial charge in [0.2, 0.25) is 0 Å². The number of carbonyl (C=O) groups excluding carboxylic acids is 1. The highest BCUT2D eigenvalue weighted by Gasteiger charge is 2.20. The number of carbonyl (C=O) groups is 1. The molecule has 0 saturated heterocycles. The monoisotopic (exact) mass is 487 g/mol. The van der Waals surface area contributed by atoms with Crippen LogP contribution in [0.25, 0.3) is 10.9 Å². The van der Waals surface area contributed by atoms with E-state index in [0.29, 0.717) is 33.8 Å². The van der Waals surface area contributed by atoms with Crippen molar-refractivity contribution in [3.8, 4) is 11.5 Å². The number of fused-ring (bicyclic) bond motifs is 1. The summed E-state index contributed by atoms with van der Waals surface area (Å²) in [5.74, 6) is 0.676. The van der Waals surface area contributed by atoms with Crippen LogP contribution in [0.4, 0.5) is 0 Å². The van der Waals surface area contributed by atoms with Gasteiger partial charge in [-0.3, -0.25) is 4.79 Å². The zero-order valence-corrected chi connectivity index (χ0v) is 19.2. The lowest BCUT2D eigenvalue weighted by molar-refractivity contribution is -0.150. The van der Waals surface area contributed by atoms with Crippen LogP contribution >= 0.6 is 15.9 Å². The van der Waals surface area contributed by atoms with E-state index < -0.39 is 12.1 Å². The molecule has 3 rings (SSSR count). The average molecular weight is 488 g/mol. The summed E-state index contributed by atoms with van der Waals surface area (Å²) in [6.45, 7) is 5.26. The molecule has 1 aromatic heterocycles. The third-order valence-corrected chi connectivity index (χ3v) is 4.92. The first-order valence-corrected chi connectivity index (χ1v) is 10.4. The third-order valence-electron chi connectivity index (χ3n) is 4.42. The Morgan fingerprint density at radius 1 is 1.32 bits per heavy atom. The molecule has 0 aliphatic rings. The van der Waals surface area contributed by atoms with Gasteiger partial charge >= 0.3 is 5.97 Å². The summed E-state index contributed by atoms with van der Waals surface area (Å²) < 4.78 is 18.2. The van der Waals surface area contributed by atoms with Crippen molar-refractivity contribution in [1.29, 1.82) is 0 Å². The fourth-order valence-electron chi connectivity index (χ4n) is 2.92. The predicted molar refractivity (Wildman–Crippen MR) is 121 cm³/mol. The Bertz CT molecular complexity index is 1210. The van der Waals surface area contributed by atoms with E-state index in [1.54, 1.807) is 51.1 Å². The van der Waals surface area contributed by atoms with Crippen molar-refractivity contribution in [3.63, 3.8) is 0 Å². The summed E-state index contributed by atoms with van der Waals surface area (Å²) >= 11 is 3.37. The van der Waals surface area contributed by atoms with Crippen LogP contribution in [0.1, 0.15) is 25.2 Å². The minimum absolute atomic E-state index is 0.250. The second-order valence-electron chi connectivity index (χ2n) is 6.57. The van der Waals surface area contributed by atoms with Gasteiger partial charge in [-0.2, -0.15) is 9.78 Å². The number of esters is 1. The molecule has 1 heterocycles. The molecule has 1 atom stereocenters. The Balaban J connectivity index is 2.03. The zero-order chi connectivity index (χ0) is 22.5. The Labute approximate surface area is 187 Å². The molecule has 0 amide bonds. The number of hydrogen-bond donors (Lipinski definition) is 0. The van der Waals surface area contributed by atoms with Crippen LogP contribution in [0, 0.1) is 6.92 Å². The summed E-state index contributed by atoms with van der Waals surface area (Å²) in [6.07, 6.45) is 0.614. The highest BCUT2D eigenvalue weighted by atomic mass is 79.9. The fraction of sp³-hybridized carbons (Fsp3) is 0.273. The predicted octanol–water partition coefficient (Wildman–Crippen LogP) is 3.69. The van der Waals surface area contributed by atoms with E-state index in [1.165, 1.54) is 18.0 Å². The second kappa shape index (κ2) is 9.74. The maximum absolute atomic E-state index is 12.9. The molecular weight excluding hydrogens is 466 g/mol. The summed E-state index contributed by atoms with van der Waals surface area (Å²) in [7, 11) is 1.50. The first kappa shape index (κ1) is 22.5. The number of para-hydroxylation sites is 1. The van der Waals surface area contributed by atoms with Crippen LogP contribution in [-0.4, -0.2) is 41.7 Å². The maximum atomic E-state index is 12.9. The van der Waals surface area contributed by atoms with Crippen molar-refractivity contribution in [3.05, 3.63) is 62.6 Å². The molecule has 9 heteroatoms. The van der Waals surface area contributed by atoms with Crippen molar-refractivity contribution < 1.29 is 19.0 Å². The SMILES string of the molecule is CCOC(=O)[C@@H](C)Oc1c(C=Nn2c(C)nc3ccc(Br)cc3c2=O)cccc1OC. The molecule has 31 heavy (non-hydrogen) atoms. The molecule has 2 aromatic carbocycles. The average Bonchev–Trinajstić information content (AvgIpc) is 2.75. The first-order valence-electron chi connectivity index (χ1n) is 9.59. The lowest BCUT2D eigenvalue weighted by atomic mass is 10.2. The lowest BCUT2D eigenvalue weighted by Gasteiger charge is -2.17. The summed E-state index contributed by atoms with van der Waals surface area (Å²) in [6, 6.07) is 10.5. The second-order valence-corrected chi connectivity index (χ2v) is 7.49. The number of aryl methyl sites for hydroxylation is 1. The quantitative estimate of drug-likeness (QED) is 0.372. The Morgan fingerprint density at radius 3 is 2.81 bits per heavy atom. The van der Waals surface area contributed by atoms with Crippen LogP contribution in [0.15, 0.2) is 50.8 Å². The smallest absolute Gasteiger partial charge is 0.347 e. The van der Waals surface area contributed by atoms with Gasteiger partial charge in [0.15, 0.2) is 17.6 Å². The van der Waals surface area contributed by atoms with Crippen molar-refractivity contribution in [2.75, 3.05) is 13.7 Å².